The molecule has 0 saturated heterocycles. The average Bonchev–Trinajstić information content (AvgIpc) is 3.42. The molecule has 5 nitrogen and oxygen atoms in total. The third kappa shape index (κ3) is 6.51. The minimum atomic E-state index is 0.109. The van der Waals surface area contributed by atoms with E-state index in [1.807, 2.05) is 24.3 Å². The fraction of sp³-hybridized carbons (Fsp3) is 0.290. The van der Waals surface area contributed by atoms with Gasteiger partial charge in [-0.05, 0) is 58.6 Å². The highest BCUT2D eigenvalue weighted by Crippen LogP contribution is 2.31. The van der Waals surface area contributed by atoms with E-state index < -0.39 is 0 Å². The molecule has 1 fully saturated rings. The number of anilines is 1. The summed E-state index contributed by atoms with van der Waals surface area (Å²) in [6, 6.07) is 25.1. The minimum absolute atomic E-state index is 0.109. The number of carbonyl (C=O) groups excluding carboxylic acids is 2. The van der Waals surface area contributed by atoms with Crippen molar-refractivity contribution < 1.29 is 9.59 Å². The Morgan fingerprint density at radius 2 is 1.73 bits per heavy atom. The highest BCUT2D eigenvalue weighted by molar-refractivity contribution is 8.03. The summed E-state index contributed by atoms with van der Waals surface area (Å²) in [4.78, 5) is 24.9. The predicted molar refractivity (Wildman–Crippen MR) is 152 cm³/mol. The van der Waals surface area contributed by atoms with E-state index >= 15 is 0 Å². The number of carbonyl (C=O) groups is 2. The summed E-state index contributed by atoms with van der Waals surface area (Å²) in [5, 5.41) is 9.21. The summed E-state index contributed by atoms with van der Waals surface area (Å²) >= 11 is 1.73. The van der Waals surface area contributed by atoms with Crippen molar-refractivity contribution in [2.45, 2.75) is 50.2 Å². The number of Topliss-reactive ketones (excluding diaryl/α,β-unsaturated/α-hetero) is 1. The van der Waals surface area contributed by atoms with Gasteiger partial charge in [-0.3, -0.25) is 14.9 Å². The fourth-order valence-corrected chi connectivity index (χ4v) is 5.84. The van der Waals surface area contributed by atoms with E-state index in [9.17, 15) is 9.59 Å². The Morgan fingerprint density at radius 1 is 1.00 bits per heavy atom. The van der Waals surface area contributed by atoms with Crippen molar-refractivity contribution >= 4 is 35.2 Å². The zero-order chi connectivity index (χ0) is 25.6. The van der Waals surface area contributed by atoms with E-state index in [0.29, 0.717) is 23.7 Å². The van der Waals surface area contributed by atoms with Gasteiger partial charge < -0.3 is 10.2 Å². The molecular weight excluding hydrogens is 478 g/mol. The maximum absolute atomic E-state index is 11.8. The molecule has 2 aliphatic rings. The highest BCUT2D eigenvalue weighted by Gasteiger charge is 2.21. The van der Waals surface area contributed by atoms with E-state index in [1.54, 1.807) is 11.8 Å². The number of benzene rings is 3. The molecule has 2 N–H and O–H groups in total. The van der Waals surface area contributed by atoms with E-state index in [4.69, 9.17) is 0 Å². The summed E-state index contributed by atoms with van der Waals surface area (Å²) in [5.74, 6) is 0.793. The number of nitrogens with zero attached hydrogens (tertiary/aromatic N) is 1. The van der Waals surface area contributed by atoms with Crippen molar-refractivity contribution in [2.75, 3.05) is 11.9 Å². The van der Waals surface area contributed by atoms with Crippen LogP contribution in [0.3, 0.4) is 0 Å². The molecule has 3 aromatic rings. The summed E-state index contributed by atoms with van der Waals surface area (Å²) in [6.07, 6.45) is 4.45. The molecule has 1 heterocycles. The van der Waals surface area contributed by atoms with Gasteiger partial charge >= 0.3 is 0 Å². The number of hydrogen-bond acceptors (Lipinski definition) is 6. The molecule has 0 spiro atoms. The van der Waals surface area contributed by atoms with Crippen LogP contribution in [-0.2, 0) is 17.9 Å². The first-order valence-corrected chi connectivity index (χ1v) is 13.8. The summed E-state index contributed by atoms with van der Waals surface area (Å²) in [7, 11) is 2.12. The minimum Gasteiger partial charge on any atom is -0.370 e. The molecule has 37 heavy (non-hydrogen) atoms. The number of rotatable bonds is 9. The van der Waals surface area contributed by atoms with Crippen LogP contribution in [0.4, 0.5) is 5.69 Å². The monoisotopic (exact) mass is 511 g/mol. The Bertz CT molecular complexity index is 1250. The molecule has 0 amide bonds. The normalized spacial score (nSPS) is 19.3. The third-order valence-corrected chi connectivity index (χ3v) is 8.12. The molecule has 1 aliphatic carbocycles. The standard InChI is InChI=1S/C31H33N3O2S/c1-34(19-23-9-11-25(12-10-23)27-3-2-4-29(36)17-27)28-15-13-26(14-16-28)30-21-37-31(33-30)32-18-22-5-7-24(20-35)8-6-22/h5-16,20-21,27,31-33H,2-4,17-19H2,1H3. The lowest BCUT2D eigenvalue weighted by Gasteiger charge is -2.23. The second-order valence-electron chi connectivity index (χ2n) is 9.91. The molecule has 0 radical (unpaired) electrons. The van der Waals surface area contributed by atoms with Crippen molar-refractivity contribution in [3.05, 3.63) is 106 Å². The number of ketones is 1. The van der Waals surface area contributed by atoms with Gasteiger partial charge in [-0.2, -0.15) is 0 Å². The van der Waals surface area contributed by atoms with Crippen LogP contribution in [0.1, 0.15) is 64.2 Å². The molecule has 5 rings (SSSR count). The van der Waals surface area contributed by atoms with Crippen molar-refractivity contribution in [3.8, 4) is 0 Å². The van der Waals surface area contributed by atoms with E-state index in [0.717, 1.165) is 55.5 Å². The topological polar surface area (TPSA) is 61.4 Å². The van der Waals surface area contributed by atoms with Gasteiger partial charge in [0.25, 0.3) is 0 Å². The molecule has 0 aromatic heterocycles. The van der Waals surface area contributed by atoms with Crippen LogP contribution >= 0.6 is 11.8 Å². The maximum Gasteiger partial charge on any atom is 0.150 e. The summed E-state index contributed by atoms with van der Waals surface area (Å²) < 4.78 is 0. The highest BCUT2D eigenvalue weighted by atomic mass is 32.2. The maximum atomic E-state index is 11.8. The largest absolute Gasteiger partial charge is 0.370 e. The van der Waals surface area contributed by atoms with Gasteiger partial charge in [0, 0.05) is 49.9 Å². The molecule has 190 valence electrons. The average molecular weight is 512 g/mol. The van der Waals surface area contributed by atoms with Crippen LogP contribution in [-0.4, -0.2) is 24.6 Å². The van der Waals surface area contributed by atoms with Crippen LogP contribution in [0.25, 0.3) is 5.70 Å². The smallest absolute Gasteiger partial charge is 0.150 e. The molecular formula is C31H33N3O2S. The van der Waals surface area contributed by atoms with Crippen LogP contribution < -0.4 is 15.5 Å². The Balaban J connectivity index is 1.11. The van der Waals surface area contributed by atoms with Crippen molar-refractivity contribution in [1.82, 2.24) is 10.6 Å². The Kier molecular flexibility index (Phi) is 8.07. The number of nitrogens with one attached hydrogen (secondary N) is 2. The van der Waals surface area contributed by atoms with Crippen molar-refractivity contribution in [1.29, 1.82) is 0 Å². The zero-order valence-corrected chi connectivity index (χ0v) is 22.0. The molecule has 2 atom stereocenters. The Morgan fingerprint density at radius 3 is 2.43 bits per heavy atom. The summed E-state index contributed by atoms with van der Waals surface area (Å²) in [6.45, 7) is 1.56. The van der Waals surface area contributed by atoms with Gasteiger partial charge in [-0.15, -0.1) is 0 Å². The second-order valence-corrected chi connectivity index (χ2v) is 10.9. The van der Waals surface area contributed by atoms with Crippen molar-refractivity contribution in [2.24, 2.45) is 0 Å². The molecule has 3 aromatic carbocycles. The summed E-state index contributed by atoms with van der Waals surface area (Å²) in [5.41, 5.74) is 7.96. The van der Waals surface area contributed by atoms with Gasteiger partial charge in [0.15, 0.2) is 0 Å². The number of aldehydes is 1. The number of thioether (sulfide) groups is 1. The SMILES string of the molecule is CN(Cc1ccc(C2CCCC(=O)C2)cc1)c1ccc(C2=CSC(NCc3ccc(C=O)cc3)N2)cc1. The first-order valence-electron chi connectivity index (χ1n) is 12.9. The Hall–Kier alpha value is -3.35. The molecule has 2 unspecified atom stereocenters. The quantitative estimate of drug-likeness (QED) is 0.340. The lowest BCUT2D eigenvalue weighted by Crippen LogP contribution is -2.34. The molecule has 6 heteroatoms. The van der Waals surface area contributed by atoms with Crippen molar-refractivity contribution in [3.63, 3.8) is 0 Å². The first kappa shape index (κ1) is 25.3. The second kappa shape index (κ2) is 11.8. The van der Waals surface area contributed by atoms with E-state index in [2.05, 4.69) is 76.5 Å². The van der Waals surface area contributed by atoms with Gasteiger partial charge in [0.1, 0.15) is 17.6 Å². The van der Waals surface area contributed by atoms with Crippen LogP contribution in [0.5, 0.6) is 0 Å². The Labute approximate surface area is 223 Å². The predicted octanol–water partition coefficient (Wildman–Crippen LogP) is 6.07. The first-order chi connectivity index (χ1) is 18.1. The molecule has 0 bridgehead atoms. The fourth-order valence-electron chi connectivity index (χ4n) is 4.99. The van der Waals surface area contributed by atoms with Crippen LogP contribution in [0, 0.1) is 0 Å². The molecule has 1 saturated carbocycles. The number of hydrogen-bond donors (Lipinski definition) is 2. The lowest BCUT2D eigenvalue weighted by atomic mass is 9.83. The van der Waals surface area contributed by atoms with Gasteiger partial charge in [-0.25, -0.2) is 0 Å². The molecule has 1 aliphatic heterocycles. The zero-order valence-electron chi connectivity index (χ0n) is 21.2. The van der Waals surface area contributed by atoms with Gasteiger partial charge in [0.05, 0.1) is 0 Å². The van der Waals surface area contributed by atoms with E-state index in [-0.39, 0.29) is 5.50 Å². The van der Waals surface area contributed by atoms with Gasteiger partial charge in [-0.1, -0.05) is 72.4 Å². The third-order valence-electron chi connectivity index (χ3n) is 7.19. The lowest BCUT2D eigenvalue weighted by molar-refractivity contribution is -0.120. The van der Waals surface area contributed by atoms with Crippen LogP contribution in [0.2, 0.25) is 0 Å². The van der Waals surface area contributed by atoms with Gasteiger partial charge in [0.2, 0.25) is 0 Å². The van der Waals surface area contributed by atoms with Crippen LogP contribution in [0.15, 0.2) is 78.2 Å². The van der Waals surface area contributed by atoms with E-state index in [1.165, 1.54) is 16.8 Å².